The average Bonchev–Trinajstić information content (AvgIpc) is 3.20. The molecular formula is C15H13N3O2S. The van der Waals surface area contributed by atoms with Gasteiger partial charge in [0.25, 0.3) is 5.91 Å². The predicted octanol–water partition coefficient (Wildman–Crippen LogP) is 3.60. The lowest BCUT2D eigenvalue weighted by Crippen LogP contribution is -2.11. The number of anilines is 2. The van der Waals surface area contributed by atoms with Gasteiger partial charge in [-0.3, -0.25) is 4.79 Å². The zero-order valence-corrected chi connectivity index (χ0v) is 11.9. The molecule has 0 spiro atoms. The summed E-state index contributed by atoms with van der Waals surface area (Å²) in [5, 5.41) is 7.81. The second-order valence-corrected chi connectivity index (χ2v) is 5.24. The maximum atomic E-state index is 11.9. The Balaban J connectivity index is 1.57. The fourth-order valence-electron chi connectivity index (χ4n) is 1.76. The largest absolute Gasteiger partial charge is 0.467 e. The Hall–Kier alpha value is -2.60. The minimum absolute atomic E-state index is 0.145. The first kappa shape index (κ1) is 13.4. The fourth-order valence-corrected chi connectivity index (χ4v) is 2.38. The Morgan fingerprint density at radius 1 is 1.24 bits per heavy atom. The Labute approximate surface area is 125 Å². The van der Waals surface area contributed by atoms with Crippen molar-refractivity contribution in [2.45, 2.75) is 6.54 Å². The molecule has 0 fully saturated rings. The number of carbonyl (C=O) groups excluding carboxylic acids is 1. The molecule has 0 aliphatic heterocycles. The normalized spacial score (nSPS) is 10.3. The van der Waals surface area contributed by atoms with Crippen LogP contribution in [0.1, 0.15) is 15.4 Å². The summed E-state index contributed by atoms with van der Waals surface area (Å²) in [5.41, 5.74) is 0.862. The number of rotatable bonds is 5. The molecule has 1 amide bonds. The highest BCUT2D eigenvalue weighted by Gasteiger charge is 2.07. The molecule has 106 valence electrons. The topological polar surface area (TPSA) is 67.2 Å². The molecule has 0 atom stereocenters. The molecule has 0 aromatic carbocycles. The van der Waals surface area contributed by atoms with E-state index in [0.29, 0.717) is 17.2 Å². The highest BCUT2D eigenvalue weighted by atomic mass is 32.1. The van der Waals surface area contributed by atoms with Gasteiger partial charge < -0.3 is 15.1 Å². The van der Waals surface area contributed by atoms with Crippen molar-refractivity contribution in [1.29, 1.82) is 0 Å². The molecule has 6 heteroatoms. The summed E-state index contributed by atoms with van der Waals surface area (Å²) >= 11 is 1.40. The molecule has 3 aromatic heterocycles. The number of aromatic nitrogens is 1. The average molecular weight is 299 g/mol. The fraction of sp³-hybridized carbons (Fsp3) is 0.0667. The van der Waals surface area contributed by atoms with Crippen LogP contribution in [0.15, 0.2) is 58.7 Å². The van der Waals surface area contributed by atoms with Crippen LogP contribution in [0.2, 0.25) is 0 Å². The first-order valence-electron chi connectivity index (χ1n) is 6.38. The second kappa shape index (κ2) is 6.23. The predicted molar refractivity (Wildman–Crippen MR) is 82.5 cm³/mol. The molecular weight excluding hydrogens is 286 g/mol. The number of hydrogen-bond donors (Lipinski definition) is 2. The van der Waals surface area contributed by atoms with Gasteiger partial charge in [0.2, 0.25) is 0 Å². The van der Waals surface area contributed by atoms with E-state index in [9.17, 15) is 4.79 Å². The third-order valence-electron chi connectivity index (χ3n) is 2.80. The van der Waals surface area contributed by atoms with Gasteiger partial charge >= 0.3 is 0 Å². The Bertz CT molecular complexity index is 691. The van der Waals surface area contributed by atoms with Crippen LogP contribution in [0, 0.1) is 0 Å². The van der Waals surface area contributed by atoms with Gasteiger partial charge in [-0.15, -0.1) is 11.3 Å². The van der Waals surface area contributed by atoms with Crippen molar-refractivity contribution < 1.29 is 9.21 Å². The lowest BCUT2D eigenvalue weighted by molar-refractivity contribution is 0.103. The molecule has 21 heavy (non-hydrogen) atoms. The van der Waals surface area contributed by atoms with Gasteiger partial charge in [-0.25, -0.2) is 4.98 Å². The van der Waals surface area contributed by atoms with E-state index < -0.39 is 0 Å². The standard InChI is InChI=1S/C15H13N3O2S/c19-15(13-4-2-8-21-13)18-14-6-5-11(9-17-14)16-10-12-3-1-7-20-12/h1-9,16H,10H2,(H,17,18,19). The zero-order chi connectivity index (χ0) is 14.5. The molecule has 0 unspecified atom stereocenters. The first-order valence-corrected chi connectivity index (χ1v) is 7.26. The number of carbonyl (C=O) groups is 1. The number of pyridine rings is 1. The van der Waals surface area contributed by atoms with Crippen LogP contribution < -0.4 is 10.6 Å². The Morgan fingerprint density at radius 3 is 2.86 bits per heavy atom. The van der Waals surface area contributed by atoms with Gasteiger partial charge in [0.05, 0.1) is 29.6 Å². The molecule has 0 aliphatic carbocycles. The summed E-state index contributed by atoms with van der Waals surface area (Å²) in [6.07, 6.45) is 3.31. The van der Waals surface area contributed by atoms with Crippen molar-refractivity contribution in [1.82, 2.24) is 4.98 Å². The van der Waals surface area contributed by atoms with E-state index in [1.165, 1.54) is 11.3 Å². The number of nitrogens with one attached hydrogen (secondary N) is 2. The number of nitrogens with zero attached hydrogens (tertiary/aromatic N) is 1. The van der Waals surface area contributed by atoms with Crippen LogP contribution in [0.4, 0.5) is 11.5 Å². The number of hydrogen-bond acceptors (Lipinski definition) is 5. The second-order valence-electron chi connectivity index (χ2n) is 4.30. The van der Waals surface area contributed by atoms with Crippen molar-refractivity contribution in [3.8, 4) is 0 Å². The zero-order valence-electron chi connectivity index (χ0n) is 11.1. The third kappa shape index (κ3) is 3.49. The first-order chi connectivity index (χ1) is 10.3. The van der Waals surface area contributed by atoms with Crippen molar-refractivity contribution in [2.75, 3.05) is 10.6 Å². The van der Waals surface area contributed by atoms with E-state index in [4.69, 9.17) is 4.42 Å². The highest BCUT2D eigenvalue weighted by Crippen LogP contribution is 2.14. The summed E-state index contributed by atoms with van der Waals surface area (Å²) in [6.45, 7) is 0.593. The smallest absolute Gasteiger partial charge is 0.266 e. The van der Waals surface area contributed by atoms with E-state index in [1.807, 2.05) is 29.6 Å². The minimum atomic E-state index is -0.145. The quantitative estimate of drug-likeness (QED) is 0.755. The summed E-state index contributed by atoms with van der Waals surface area (Å²) < 4.78 is 5.23. The molecule has 0 aliphatic rings. The van der Waals surface area contributed by atoms with E-state index in [2.05, 4.69) is 15.6 Å². The Kier molecular flexibility index (Phi) is 3.97. The van der Waals surface area contributed by atoms with Crippen LogP contribution >= 0.6 is 11.3 Å². The molecule has 2 N–H and O–H groups in total. The van der Waals surface area contributed by atoms with Gasteiger partial charge in [-0.2, -0.15) is 0 Å². The van der Waals surface area contributed by atoms with E-state index in [0.717, 1.165) is 11.4 Å². The van der Waals surface area contributed by atoms with E-state index in [-0.39, 0.29) is 5.91 Å². The maximum absolute atomic E-state index is 11.9. The lowest BCUT2D eigenvalue weighted by Gasteiger charge is -2.06. The molecule has 3 heterocycles. The van der Waals surface area contributed by atoms with Gasteiger partial charge in [0.15, 0.2) is 0 Å². The summed E-state index contributed by atoms with van der Waals surface area (Å²) in [6, 6.07) is 11.0. The van der Waals surface area contributed by atoms with Crippen molar-refractivity contribution in [3.05, 3.63) is 64.9 Å². The molecule has 0 radical (unpaired) electrons. The number of furan rings is 1. The molecule has 0 bridgehead atoms. The van der Waals surface area contributed by atoms with Crippen molar-refractivity contribution >= 4 is 28.7 Å². The number of thiophene rings is 1. The third-order valence-corrected chi connectivity index (χ3v) is 3.67. The molecule has 3 aromatic rings. The van der Waals surface area contributed by atoms with Crippen LogP contribution in [-0.4, -0.2) is 10.9 Å². The van der Waals surface area contributed by atoms with Gasteiger partial charge in [-0.1, -0.05) is 6.07 Å². The van der Waals surface area contributed by atoms with Gasteiger partial charge in [0, 0.05) is 0 Å². The molecule has 5 nitrogen and oxygen atoms in total. The van der Waals surface area contributed by atoms with E-state index in [1.54, 1.807) is 24.6 Å². The minimum Gasteiger partial charge on any atom is -0.467 e. The Morgan fingerprint density at radius 2 is 2.19 bits per heavy atom. The molecule has 0 saturated carbocycles. The van der Waals surface area contributed by atoms with Crippen LogP contribution in [-0.2, 0) is 6.54 Å². The lowest BCUT2D eigenvalue weighted by atomic mass is 10.3. The van der Waals surface area contributed by atoms with Gasteiger partial charge in [-0.05, 0) is 35.7 Å². The van der Waals surface area contributed by atoms with Crippen LogP contribution in [0.25, 0.3) is 0 Å². The van der Waals surface area contributed by atoms with Crippen molar-refractivity contribution in [3.63, 3.8) is 0 Å². The summed E-state index contributed by atoms with van der Waals surface area (Å²) in [4.78, 5) is 16.7. The summed E-state index contributed by atoms with van der Waals surface area (Å²) in [7, 11) is 0. The maximum Gasteiger partial charge on any atom is 0.266 e. The highest BCUT2D eigenvalue weighted by molar-refractivity contribution is 7.12. The number of amides is 1. The van der Waals surface area contributed by atoms with Gasteiger partial charge in [0.1, 0.15) is 11.6 Å². The molecule has 3 rings (SSSR count). The molecule has 0 saturated heterocycles. The van der Waals surface area contributed by atoms with Crippen molar-refractivity contribution in [2.24, 2.45) is 0 Å². The summed E-state index contributed by atoms with van der Waals surface area (Å²) in [5.74, 6) is 1.23. The monoisotopic (exact) mass is 299 g/mol. The van der Waals surface area contributed by atoms with Crippen LogP contribution in [0.5, 0.6) is 0 Å². The SMILES string of the molecule is O=C(Nc1ccc(NCc2ccco2)cn1)c1cccs1. The van der Waals surface area contributed by atoms with Crippen LogP contribution in [0.3, 0.4) is 0 Å². The van der Waals surface area contributed by atoms with E-state index >= 15 is 0 Å².